The second-order valence-corrected chi connectivity index (χ2v) is 4.40. The summed E-state index contributed by atoms with van der Waals surface area (Å²) in [6.45, 7) is 5.08. The molecule has 1 unspecified atom stereocenters. The average molecular weight is 259 g/mol. The smallest absolute Gasteiger partial charge is 0.290 e. The van der Waals surface area contributed by atoms with Crippen LogP contribution in [-0.4, -0.2) is 29.9 Å². The Labute approximate surface area is 108 Å². The minimum absolute atomic E-state index is 0. The summed E-state index contributed by atoms with van der Waals surface area (Å²) in [5.74, 6) is 1.24. The highest BCUT2D eigenvalue weighted by molar-refractivity contribution is 5.93. The van der Waals surface area contributed by atoms with Crippen molar-refractivity contribution in [2.45, 2.75) is 32.7 Å². The average Bonchev–Trinajstić information content (AvgIpc) is 2.83. The van der Waals surface area contributed by atoms with Gasteiger partial charge in [-0.3, -0.25) is 4.79 Å². The summed E-state index contributed by atoms with van der Waals surface area (Å²) in [6, 6.07) is 2.07. The number of halogens is 1. The van der Waals surface area contributed by atoms with Gasteiger partial charge in [-0.15, -0.1) is 12.4 Å². The molecule has 0 saturated carbocycles. The van der Waals surface area contributed by atoms with Crippen LogP contribution in [0.25, 0.3) is 0 Å². The Bertz CT molecular complexity index is 403. The Balaban J connectivity index is 0.00000144. The van der Waals surface area contributed by atoms with Crippen molar-refractivity contribution in [1.82, 2.24) is 4.90 Å². The van der Waals surface area contributed by atoms with Crippen molar-refractivity contribution in [3.8, 4) is 0 Å². The predicted molar refractivity (Wildman–Crippen MR) is 68.5 cm³/mol. The summed E-state index contributed by atoms with van der Waals surface area (Å²) >= 11 is 0. The lowest BCUT2D eigenvalue weighted by molar-refractivity contribution is 0.0706. The van der Waals surface area contributed by atoms with E-state index >= 15 is 0 Å². The molecular weight excluding hydrogens is 240 g/mol. The molecule has 1 atom stereocenters. The van der Waals surface area contributed by atoms with Crippen molar-refractivity contribution in [1.29, 1.82) is 0 Å². The van der Waals surface area contributed by atoms with Crippen molar-refractivity contribution >= 4 is 18.3 Å². The predicted octanol–water partition coefficient (Wildman–Crippen LogP) is 1.88. The summed E-state index contributed by atoms with van der Waals surface area (Å²) in [7, 11) is 0. The Morgan fingerprint density at radius 1 is 1.59 bits per heavy atom. The third-order valence-electron chi connectivity index (χ3n) is 3.15. The van der Waals surface area contributed by atoms with Crippen LogP contribution < -0.4 is 5.73 Å². The largest absolute Gasteiger partial charge is 0.456 e. The number of amides is 1. The number of carbonyl (C=O) groups excluding carboxylic acids is 1. The first kappa shape index (κ1) is 14.1. The number of hydrogen-bond donors (Lipinski definition) is 1. The molecule has 1 aromatic rings. The molecule has 1 saturated heterocycles. The van der Waals surface area contributed by atoms with Crippen LogP contribution in [-0.2, 0) is 0 Å². The molecule has 17 heavy (non-hydrogen) atoms. The normalized spacial score (nSPS) is 19.2. The molecule has 1 aliphatic rings. The number of carbonyl (C=O) groups is 1. The van der Waals surface area contributed by atoms with Gasteiger partial charge in [0.05, 0.1) is 0 Å². The molecule has 1 amide bonds. The summed E-state index contributed by atoms with van der Waals surface area (Å²) in [5, 5.41) is 0. The number of nitrogens with two attached hydrogens (primary N) is 1. The standard InChI is InChI=1S/C12H18N2O2.ClH/c1-8-6-9(2)16-11(8)12(15)14-5-3-4-10(14)7-13;/h6,10H,3-5,7,13H2,1-2H3;1H. The summed E-state index contributed by atoms with van der Waals surface area (Å²) in [5.41, 5.74) is 6.57. The lowest BCUT2D eigenvalue weighted by atomic mass is 10.2. The molecule has 4 nitrogen and oxygen atoms in total. The van der Waals surface area contributed by atoms with Crippen LogP contribution in [0.3, 0.4) is 0 Å². The second kappa shape index (κ2) is 5.56. The van der Waals surface area contributed by atoms with E-state index < -0.39 is 0 Å². The molecule has 2 rings (SSSR count). The molecule has 5 heteroatoms. The molecule has 96 valence electrons. The number of aryl methyl sites for hydroxylation is 2. The van der Waals surface area contributed by atoms with Crippen molar-refractivity contribution in [3.63, 3.8) is 0 Å². The van der Waals surface area contributed by atoms with E-state index in [-0.39, 0.29) is 24.4 Å². The van der Waals surface area contributed by atoms with Crippen LogP contribution in [0, 0.1) is 13.8 Å². The van der Waals surface area contributed by atoms with Gasteiger partial charge in [0, 0.05) is 24.7 Å². The monoisotopic (exact) mass is 258 g/mol. The maximum Gasteiger partial charge on any atom is 0.290 e. The third kappa shape index (κ3) is 2.64. The van der Waals surface area contributed by atoms with Gasteiger partial charge in [-0.1, -0.05) is 0 Å². The van der Waals surface area contributed by atoms with Gasteiger partial charge in [0.15, 0.2) is 5.76 Å². The van der Waals surface area contributed by atoms with E-state index in [0.29, 0.717) is 12.3 Å². The highest BCUT2D eigenvalue weighted by atomic mass is 35.5. The van der Waals surface area contributed by atoms with E-state index in [9.17, 15) is 4.79 Å². The number of rotatable bonds is 2. The van der Waals surface area contributed by atoms with Crippen LogP contribution in [0.4, 0.5) is 0 Å². The van der Waals surface area contributed by atoms with Crippen LogP contribution in [0.15, 0.2) is 10.5 Å². The first-order valence-electron chi connectivity index (χ1n) is 5.71. The number of hydrogen-bond acceptors (Lipinski definition) is 3. The molecule has 0 bridgehead atoms. The van der Waals surface area contributed by atoms with E-state index in [1.54, 1.807) is 0 Å². The van der Waals surface area contributed by atoms with Crippen molar-refractivity contribution in [3.05, 3.63) is 23.2 Å². The maximum absolute atomic E-state index is 12.2. The second-order valence-electron chi connectivity index (χ2n) is 4.40. The zero-order chi connectivity index (χ0) is 11.7. The SMILES string of the molecule is Cc1cc(C)c(C(=O)N2CCCC2CN)o1.Cl. The van der Waals surface area contributed by atoms with Crippen LogP contribution in [0.2, 0.25) is 0 Å². The molecule has 0 aromatic carbocycles. The molecule has 1 aliphatic heterocycles. The van der Waals surface area contributed by atoms with Gasteiger partial charge in [0.1, 0.15) is 5.76 Å². The zero-order valence-corrected chi connectivity index (χ0v) is 11.0. The van der Waals surface area contributed by atoms with Crippen LogP contribution in [0.1, 0.15) is 34.7 Å². The number of furan rings is 1. The van der Waals surface area contributed by atoms with Gasteiger partial charge in [-0.05, 0) is 32.8 Å². The lowest BCUT2D eigenvalue weighted by Crippen LogP contribution is -2.40. The molecule has 0 spiro atoms. The van der Waals surface area contributed by atoms with E-state index in [0.717, 1.165) is 30.7 Å². The molecule has 0 aliphatic carbocycles. The van der Waals surface area contributed by atoms with E-state index in [1.165, 1.54) is 0 Å². The van der Waals surface area contributed by atoms with E-state index in [1.807, 2.05) is 24.8 Å². The summed E-state index contributed by atoms with van der Waals surface area (Å²) < 4.78 is 5.45. The molecule has 1 aromatic heterocycles. The van der Waals surface area contributed by atoms with Gasteiger partial charge < -0.3 is 15.1 Å². The quantitative estimate of drug-likeness (QED) is 0.881. The highest BCUT2D eigenvalue weighted by Gasteiger charge is 2.30. The summed E-state index contributed by atoms with van der Waals surface area (Å²) in [4.78, 5) is 14.1. The maximum atomic E-state index is 12.2. The highest BCUT2D eigenvalue weighted by Crippen LogP contribution is 2.22. The fraction of sp³-hybridized carbons (Fsp3) is 0.583. The lowest BCUT2D eigenvalue weighted by Gasteiger charge is -2.22. The van der Waals surface area contributed by atoms with Crippen LogP contribution >= 0.6 is 12.4 Å². The number of nitrogens with zero attached hydrogens (tertiary/aromatic N) is 1. The minimum Gasteiger partial charge on any atom is -0.456 e. The third-order valence-corrected chi connectivity index (χ3v) is 3.15. The van der Waals surface area contributed by atoms with E-state index in [4.69, 9.17) is 10.2 Å². The number of likely N-dealkylation sites (tertiary alicyclic amines) is 1. The van der Waals surface area contributed by atoms with Gasteiger partial charge in [0.25, 0.3) is 5.91 Å². The fourth-order valence-corrected chi connectivity index (χ4v) is 2.33. The molecule has 1 fully saturated rings. The van der Waals surface area contributed by atoms with Gasteiger partial charge >= 0.3 is 0 Å². The Kier molecular flexibility index (Phi) is 4.60. The zero-order valence-electron chi connectivity index (χ0n) is 10.2. The first-order chi connectivity index (χ1) is 7.63. The Morgan fingerprint density at radius 3 is 2.82 bits per heavy atom. The Hall–Kier alpha value is -1.00. The van der Waals surface area contributed by atoms with Crippen LogP contribution in [0.5, 0.6) is 0 Å². The van der Waals surface area contributed by atoms with Gasteiger partial charge in [0.2, 0.25) is 0 Å². The molecule has 2 heterocycles. The minimum atomic E-state index is -0.0152. The summed E-state index contributed by atoms with van der Waals surface area (Å²) in [6.07, 6.45) is 2.04. The van der Waals surface area contributed by atoms with Crippen molar-refractivity contribution in [2.24, 2.45) is 5.73 Å². The first-order valence-corrected chi connectivity index (χ1v) is 5.71. The molecular formula is C12H19ClN2O2. The van der Waals surface area contributed by atoms with Crippen molar-refractivity contribution < 1.29 is 9.21 Å². The van der Waals surface area contributed by atoms with Crippen molar-refractivity contribution in [2.75, 3.05) is 13.1 Å². The van der Waals surface area contributed by atoms with Gasteiger partial charge in [-0.25, -0.2) is 0 Å². The van der Waals surface area contributed by atoms with E-state index in [2.05, 4.69) is 0 Å². The van der Waals surface area contributed by atoms with Gasteiger partial charge in [-0.2, -0.15) is 0 Å². The topological polar surface area (TPSA) is 59.5 Å². The Morgan fingerprint density at radius 2 is 2.29 bits per heavy atom. The molecule has 2 N–H and O–H groups in total. The molecule has 0 radical (unpaired) electrons. The fourth-order valence-electron chi connectivity index (χ4n) is 2.33.